The van der Waals surface area contributed by atoms with Crippen LogP contribution >= 0.6 is 0 Å². The van der Waals surface area contributed by atoms with Crippen LogP contribution < -0.4 is 10.5 Å². The number of benzene rings is 1. The lowest BCUT2D eigenvalue weighted by atomic mass is 10.1. The third-order valence-electron chi connectivity index (χ3n) is 2.77. The van der Waals surface area contributed by atoms with Gasteiger partial charge >= 0.3 is 0 Å². The zero-order valence-electron chi connectivity index (χ0n) is 11.1. The van der Waals surface area contributed by atoms with Crippen LogP contribution in [0.3, 0.4) is 0 Å². The van der Waals surface area contributed by atoms with Crippen molar-refractivity contribution in [1.29, 1.82) is 10.5 Å². The second-order valence-electron chi connectivity index (χ2n) is 4.34. The Kier molecular flexibility index (Phi) is 3.54. The summed E-state index contributed by atoms with van der Waals surface area (Å²) in [6.07, 6.45) is 0. The van der Waals surface area contributed by atoms with Crippen molar-refractivity contribution in [2.45, 2.75) is 13.8 Å². The normalized spacial score (nSPS) is 9.60. The molecule has 1 heterocycles. The summed E-state index contributed by atoms with van der Waals surface area (Å²) < 4.78 is 5.62. The van der Waals surface area contributed by atoms with Crippen LogP contribution in [0.15, 0.2) is 24.3 Å². The minimum atomic E-state index is 0.224. The molecule has 5 heteroatoms. The predicted octanol–water partition coefficient (Wildman–Crippen LogP) is 2.82. The molecule has 0 fully saturated rings. The molecule has 0 spiro atoms. The highest BCUT2D eigenvalue weighted by Gasteiger charge is 2.12. The Morgan fingerprint density at radius 2 is 1.90 bits per heavy atom. The van der Waals surface area contributed by atoms with Gasteiger partial charge in [-0.2, -0.15) is 10.5 Å². The van der Waals surface area contributed by atoms with E-state index in [-0.39, 0.29) is 5.88 Å². The van der Waals surface area contributed by atoms with Crippen LogP contribution in [0.1, 0.15) is 22.4 Å². The topological polar surface area (TPSA) is 95.7 Å². The maximum absolute atomic E-state index is 9.18. The molecule has 0 aliphatic rings. The number of aryl methyl sites for hydroxylation is 2. The average Bonchev–Trinajstić information content (AvgIpc) is 2.40. The van der Waals surface area contributed by atoms with Gasteiger partial charge in [0.2, 0.25) is 5.88 Å². The Morgan fingerprint density at radius 3 is 2.50 bits per heavy atom. The lowest BCUT2D eigenvalue weighted by molar-refractivity contribution is 0.461. The molecule has 2 N–H and O–H groups in total. The summed E-state index contributed by atoms with van der Waals surface area (Å²) in [7, 11) is 0. The molecule has 0 unspecified atom stereocenters. The Hall–Kier alpha value is -3.05. The fourth-order valence-electron chi connectivity index (χ4n) is 1.83. The van der Waals surface area contributed by atoms with Crippen LogP contribution in [-0.4, -0.2) is 4.98 Å². The second kappa shape index (κ2) is 5.29. The van der Waals surface area contributed by atoms with Crippen LogP contribution in [-0.2, 0) is 0 Å². The van der Waals surface area contributed by atoms with Crippen molar-refractivity contribution in [3.05, 3.63) is 46.6 Å². The van der Waals surface area contributed by atoms with Crippen LogP contribution in [0.2, 0.25) is 0 Å². The number of nitrogens with zero attached hydrogens (tertiary/aromatic N) is 3. The first-order chi connectivity index (χ1) is 9.55. The van der Waals surface area contributed by atoms with Gasteiger partial charge < -0.3 is 10.5 Å². The molecule has 98 valence electrons. The summed E-state index contributed by atoms with van der Waals surface area (Å²) in [4.78, 5) is 4.22. The summed E-state index contributed by atoms with van der Waals surface area (Å²) in [6, 6.07) is 10.6. The summed E-state index contributed by atoms with van der Waals surface area (Å²) in [6.45, 7) is 3.64. The average molecular weight is 264 g/mol. The van der Waals surface area contributed by atoms with E-state index in [0.29, 0.717) is 22.6 Å². The van der Waals surface area contributed by atoms with Crippen molar-refractivity contribution in [2.75, 3.05) is 5.73 Å². The molecule has 2 rings (SSSR count). The number of nitrogen functional groups attached to an aromatic ring is 1. The van der Waals surface area contributed by atoms with Gasteiger partial charge in [0.1, 0.15) is 11.6 Å². The molecule has 0 saturated heterocycles. The van der Waals surface area contributed by atoms with Crippen molar-refractivity contribution in [2.24, 2.45) is 0 Å². The summed E-state index contributed by atoms with van der Waals surface area (Å²) >= 11 is 0. The van der Waals surface area contributed by atoms with E-state index in [1.165, 1.54) is 6.07 Å². The fraction of sp³-hybridized carbons (Fsp3) is 0.133. The third kappa shape index (κ3) is 2.52. The lowest BCUT2D eigenvalue weighted by Crippen LogP contribution is -1.99. The number of aromatic nitrogens is 1. The molecule has 1 aromatic carbocycles. The van der Waals surface area contributed by atoms with E-state index in [4.69, 9.17) is 15.7 Å². The number of hydrogen-bond donors (Lipinski definition) is 1. The zero-order valence-corrected chi connectivity index (χ0v) is 11.1. The van der Waals surface area contributed by atoms with E-state index in [2.05, 4.69) is 11.1 Å². The maximum atomic E-state index is 9.18. The minimum absolute atomic E-state index is 0.224. The van der Waals surface area contributed by atoms with Crippen LogP contribution in [0.5, 0.6) is 11.6 Å². The number of nitrogens with two attached hydrogens (primary N) is 1. The van der Waals surface area contributed by atoms with Crippen LogP contribution in [0.4, 0.5) is 5.69 Å². The van der Waals surface area contributed by atoms with E-state index in [9.17, 15) is 5.26 Å². The highest BCUT2D eigenvalue weighted by molar-refractivity contribution is 5.58. The number of pyridine rings is 1. The summed E-state index contributed by atoms with van der Waals surface area (Å²) in [5.74, 6) is 0.597. The first-order valence-electron chi connectivity index (χ1n) is 5.91. The van der Waals surface area contributed by atoms with Crippen molar-refractivity contribution >= 4 is 5.69 Å². The minimum Gasteiger partial charge on any atom is -0.435 e. The standard InChI is InChI=1S/C15H12N4O/c1-9-5-10(2)19-15(12(9)8-17)20-14-4-3-11(7-16)6-13(14)18/h3-6H,18H2,1-2H3. The van der Waals surface area contributed by atoms with Crippen LogP contribution in [0, 0.1) is 36.5 Å². The number of nitriles is 2. The first-order valence-corrected chi connectivity index (χ1v) is 5.91. The quantitative estimate of drug-likeness (QED) is 0.841. The SMILES string of the molecule is Cc1cc(C)c(C#N)c(Oc2ccc(C#N)cc2N)n1. The molecule has 5 nitrogen and oxygen atoms in total. The number of ether oxygens (including phenoxy) is 1. The third-order valence-corrected chi connectivity index (χ3v) is 2.77. The zero-order chi connectivity index (χ0) is 14.7. The monoisotopic (exact) mass is 264 g/mol. The van der Waals surface area contributed by atoms with Crippen molar-refractivity contribution < 1.29 is 4.74 Å². The van der Waals surface area contributed by atoms with Gasteiger partial charge in [-0.25, -0.2) is 4.98 Å². The number of anilines is 1. The van der Waals surface area contributed by atoms with Crippen molar-refractivity contribution in [3.8, 4) is 23.8 Å². The van der Waals surface area contributed by atoms with E-state index < -0.39 is 0 Å². The van der Waals surface area contributed by atoms with Crippen molar-refractivity contribution in [1.82, 2.24) is 4.98 Å². The molecule has 0 aliphatic carbocycles. The molecular weight excluding hydrogens is 252 g/mol. The van der Waals surface area contributed by atoms with Gasteiger partial charge in [-0.3, -0.25) is 0 Å². The summed E-state index contributed by atoms with van der Waals surface area (Å²) in [5, 5.41) is 18.0. The molecule has 1 aromatic heterocycles. The highest BCUT2D eigenvalue weighted by Crippen LogP contribution is 2.30. The van der Waals surface area contributed by atoms with Gasteiger partial charge in [0, 0.05) is 5.69 Å². The molecule has 20 heavy (non-hydrogen) atoms. The maximum Gasteiger partial charge on any atom is 0.237 e. The molecule has 0 aliphatic heterocycles. The Bertz CT molecular complexity index is 754. The number of rotatable bonds is 2. The Labute approximate surface area is 116 Å². The fourth-order valence-corrected chi connectivity index (χ4v) is 1.83. The van der Waals surface area contributed by atoms with E-state index >= 15 is 0 Å². The smallest absolute Gasteiger partial charge is 0.237 e. The van der Waals surface area contributed by atoms with Crippen LogP contribution in [0.25, 0.3) is 0 Å². The molecule has 2 aromatic rings. The number of hydrogen-bond acceptors (Lipinski definition) is 5. The molecule has 0 bridgehead atoms. The van der Waals surface area contributed by atoms with Gasteiger partial charge in [-0.1, -0.05) is 0 Å². The van der Waals surface area contributed by atoms with Gasteiger partial charge in [-0.05, 0) is 43.7 Å². The largest absolute Gasteiger partial charge is 0.435 e. The van der Waals surface area contributed by atoms with Gasteiger partial charge in [0.15, 0.2) is 5.75 Å². The van der Waals surface area contributed by atoms with Gasteiger partial charge in [0.25, 0.3) is 0 Å². The highest BCUT2D eigenvalue weighted by atomic mass is 16.5. The Balaban J connectivity index is 2.46. The predicted molar refractivity (Wildman–Crippen MR) is 74.1 cm³/mol. The molecule has 0 saturated carbocycles. The Morgan fingerprint density at radius 1 is 1.15 bits per heavy atom. The molecule has 0 amide bonds. The summed E-state index contributed by atoms with van der Waals surface area (Å²) in [5.41, 5.74) is 8.52. The second-order valence-corrected chi connectivity index (χ2v) is 4.34. The van der Waals surface area contributed by atoms with Gasteiger partial charge in [0.05, 0.1) is 17.3 Å². The molecule has 0 atom stereocenters. The molecular formula is C15H12N4O. The first kappa shape index (κ1) is 13.4. The van der Waals surface area contributed by atoms with E-state index in [0.717, 1.165) is 11.3 Å². The van der Waals surface area contributed by atoms with E-state index in [1.54, 1.807) is 12.1 Å². The van der Waals surface area contributed by atoms with E-state index in [1.807, 2.05) is 26.0 Å². The van der Waals surface area contributed by atoms with Crippen molar-refractivity contribution in [3.63, 3.8) is 0 Å². The van der Waals surface area contributed by atoms with Gasteiger partial charge in [-0.15, -0.1) is 0 Å². The lowest BCUT2D eigenvalue weighted by Gasteiger charge is -2.11. The molecule has 0 radical (unpaired) electrons.